The van der Waals surface area contributed by atoms with Crippen molar-refractivity contribution in [3.63, 3.8) is 0 Å². The van der Waals surface area contributed by atoms with Gasteiger partial charge in [0.2, 0.25) is 0 Å². The van der Waals surface area contributed by atoms with E-state index in [1.165, 1.54) is 10.6 Å². The Labute approximate surface area is 151 Å². The maximum atomic E-state index is 12.2. The number of nitrogens with zero attached hydrogens (tertiary/aromatic N) is 1. The maximum Gasteiger partial charge on any atom is 0.275 e. The lowest BCUT2D eigenvalue weighted by Gasteiger charge is -2.33. The molecule has 1 atom stereocenters. The molecule has 24 heavy (non-hydrogen) atoms. The molecule has 2 N–H and O–H groups in total. The Balaban J connectivity index is 1.71. The van der Waals surface area contributed by atoms with Gasteiger partial charge in [-0.1, -0.05) is 31.5 Å². The van der Waals surface area contributed by atoms with E-state index in [1.807, 2.05) is 18.2 Å². The Hall–Kier alpha value is -1.26. The molecule has 0 unspecified atom stereocenters. The zero-order valence-electron chi connectivity index (χ0n) is 15.1. The minimum absolute atomic E-state index is 0.178. The number of amides is 1. The second-order valence-electron chi connectivity index (χ2n) is 7.33. The van der Waals surface area contributed by atoms with Gasteiger partial charge in [0, 0.05) is 16.8 Å². The standard InChI is InChI=1S/C19H30ClN3O/c1-15(2)7-8-16(3)21-19(24)14-22-9-11-23(12-10-22)18-6-4-5-17(20)13-18/h4-6,13,15-16H,7-12,14H2,1-3H3,(H,21,24)/p+1/t16-/m0/s1. The van der Waals surface area contributed by atoms with Crippen molar-refractivity contribution in [2.75, 3.05) is 37.6 Å². The molecule has 134 valence electrons. The van der Waals surface area contributed by atoms with Crippen molar-refractivity contribution in [2.24, 2.45) is 5.92 Å². The highest BCUT2D eigenvalue weighted by atomic mass is 35.5. The molecule has 5 heteroatoms. The molecule has 1 saturated heterocycles. The van der Waals surface area contributed by atoms with Gasteiger partial charge in [-0.05, 0) is 43.9 Å². The minimum atomic E-state index is 0.178. The molecule has 0 aromatic heterocycles. The smallest absolute Gasteiger partial charge is 0.275 e. The van der Waals surface area contributed by atoms with Crippen LogP contribution >= 0.6 is 11.6 Å². The number of benzene rings is 1. The first-order valence-electron chi connectivity index (χ1n) is 9.07. The zero-order valence-corrected chi connectivity index (χ0v) is 15.9. The fourth-order valence-electron chi connectivity index (χ4n) is 3.14. The second kappa shape index (κ2) is 9.28. The Morgan fingerprint density at radius 1 is 1.25 bits per heavy atom. The van der Waals surface area contributed by atoms with E-state index in [0.717, 1.165) is 44.0 Å². The van der Waals surface area contributed by atoms with Gasteiger partial charge < -0.3 is 15.1 Å². The number of nitrogens with one attached hydrogen (secondary N) is 2. The highest BCUT2D eigenvalue weighted by Crippen LogP contribution is 2.19. The number of quaternary nitrogens is 1. The topological polar surface area (TPSA) is 36.8 Å². The predicted octanol–water partition coefficient (Wildman–Crippen LogP) is 1.99. The number of hydrogen-bond donors (Lipinski definition) is 2. The van der Waals surface area contributed by atoms with Crippen LogP contribution in [0.3, 0.4) is 0 Å². The summed E-state index contributed by atoms with van der Waals surface area (Å²) in [6.45, 7) is 11.0. The molecule has 1 aromatic carbocycles. The van der Waals surface area contributed by atoms with Gasteiger partial charge in [0.1, 0.15) is 0 Å². The van der Waals surface area contributed by atoms with Crippen molar-refractivity contribution in [3.05, 3.63) is 29.3 Å². The van der Waals surface area contributed by atoms with E-state index in [-0.39, 0.29) is 11.9 Å². The lowest BCUT2D eigenvalue weighted by atomic mass is 10.0. The lowest BCUT2D eigenvalue weighted by molar-refractivity contribution is -0.892. The molecule has 2 rings (SSSR count). The summed E-state index contributed by atoms with van der Waals surface area (Å²) in [4.78, 5) is 15.9. The third-order valence-corrected chi connectivity index (χ3v) is 4.87. The molecule has 1 aliphatic rings. The fraction of sp³-hybridized carbons (Fsp3) is 0.632. The monoisotopic (exact) mass is 352 g/mol. The molecule has 1 aliphatic heterocycles. The Morgan fingerprint density at radius 3 is 2.58 bits per heavy atom. The van der Waals surface area contributed by atoms with Crippen molar-refractivity contribution < 1.29 is 9.69 Å². The Bertz CT molecular complexity index is 527. The van der Waals surface area contributed by atoms with Crippen LogP contribution in [0.5, 0.6) is 0 Å². The van der Waals surface area contributed by atoms with Crippen LogP contribution in [0.2, 0.25) is 5.02 Å². The number of carbonyl (C=O) groups is 1. The number of hydrogen-bond acceptors (Lipinski definition) is 2. The van der Waals surface area contributed by atoms with Crippen LogP contribution in [0.4, 0.5) is 5.69 Å². The van der Waals surface area contributed by atoms with Gasteiger partial charge >= 0.3 is 0 Å². The number of anilines is 1. The molecule has 4 nitrogen and oxygen atoms in total. The molecule has 1 heterocycles. The number of carbonyl (C=O) groups excluding carboxylic acids is 1. The maximum absolute atomic E-state index is 12.2. The van der Waals surface area contributed by atoms with Gasteiger partial charge in [-0.15, -0.1) is 0 Å². The van der Waals surface area contributed by atoms with Crippen LogP contribution in [-0.2, 0) is 4.79 Å². The molecular weight excluding hydrogens is 322 g/mol. The SMILES string of the molecule is CC(C)CC[C@H](C)NC(=O)C[NH+]1CCN(c2cccc(Cl)c2)CC1. The van der Waals surface area contributed by atoms with E-state index in [0.29, 0.717) is 12.5 Å². The van der Waals surface area contributed by atoms with Gasteiger partial charge in [0.05, 0.1) is 26.2 Å². The average molecular weight is 353 g/mol. The van der Waals surface area contributed by atoms with Gasteiger partial charge in [-0.25, -0.2) is 0 Å². The summed E-state index contributed by atoms with van der Waals surface area (Å²) < 4.78 is 0. The zero-order chi connectivity index (χ0) is 17.5. The third-order valence-electron chi connectivity index (χ3n) is 4.64. The normalized spacial score (nSPS) is 17.1. The average Bonchev–Trinajstić information content (AvgIpc) is 2.53. The summed E-state index contributed by atoms with van der Waals surface area (Å²) in [6, 6.07) is 8.27. The molecule has 0 bridgehead atoms. The summed E-state index contributed by atoms with van der Waals surface area (Å²) in [7, 11) is 0. The first-order chi connectivity index (χ1) is 11.4. The Morgan fingerprint density at radius 2 is 1.96 bits per heavy atom. The summed E-state index contributed by atoms with van der Waals surface area (Å²) in [6.07, 6.45) is 2.22. The summed E-state index contributed by atoms with van der Waals surface area (Å²) in [5.41, 5.74) is 1.17. The quantitative estimate of drug-likeness (QED) is 0.787. The van der Waals surface area contributed by atoms with E-state index >= 15 is 0 Å². The third kappa shape index (κ3) is 6.33. The minimum Gasteiger partial charge on any atom is -0.360 e. The summed E-state index contributed by atoms with van der Waals surface area (Å²) in [5, 5.41) is 3.92. The first kappa shape index (κ1) is 19.1. The van der Waals surface area contributed by atoms with Crippen LogP contribution in [0.1, 0.15) is 33.6 Å². The van der Waals surface area contributed by atoms with Crippen LogP contribution < -0.4 is 15.1 Å². The van der Waals surface area contributed by atoms with Crippen molar-refractivity contribution in [3.8, 4) is 0 Å². The highest BCUT2D eigenvalue weighted by molar-refractivity contribution is 6.30. The van der Waals surface area contributed by atoms with Crippen molar-refractivity contribution in [2.45, 2.75) is 39.7 Å². The molecular formula is C19H31ClN3O+. The molecule has 1 amide bonds. The molecule has 0 saturated carbocycles. The van der Waals surface area contributed by atoms with Gasteiger partial charge in [-0.2, -0.15) is 0 Å². The number of piperazine rings is 1. The molecule has 0 aliphatic carbocycles. The lowest BCUT2D eigenvalue weighted by Crippen LogP contribution is -3.16. The van der Waals surface area contributed by atoms with E-state index in [2.05, 4.69) is 37.1 Å². The first-order valence-corrected chi connectivity index (χ1v) is 9.45. The van der Waals surface area contributed by atoms with Gasteiger partial charge in [-0.3, -0.25) is 4.79 Å². The van der Waals surface area contributed by atoms with E-state index in [4.69, 9.17) is 11.6 Å². The Kier molecular flexibility index (Phi) is 7.38. The second-order valence-corrected chi connectivity index (χ2v) is 7.77. The van der Waals surface area contributed by atoms with Crippen molar-refractivity contribution in [1.29, 1.82) is 0 Å². The molecule has 0 spiro atoms. The molecule has 1 aromatic rings. The van der Waals surface area contributed by atoms with E-state index < -0.39 is 0 Å². The van der Waals surface area contributed by atoms with E-state index in [9.17, 15) is 4.79 Å². The van der Waals surface area contributed by atoms with Crippen LogP contribution in [-0.4, -0.2) is 44.7 Å². The van der Waals surface area contributed by atoms with E-state index in [1.54, 1.807) is 0 Å². The van der Waals surface area contributed by atoms with Crippen LogP contribution in [0.15, 0.2) is 24.3 Å². The number of halogens is 1. The van der Waals surface area contributed by atoms with Gasteiger partial charge in [0.25, 0.3) is 5.91 Å². The van der Waals surface area contributed by atoms with Crippen molar-refractivity contribution in [1.82, 2.24) is 5.32 Å². The van der Waals surface area contributed by atoms with Crippen LogP contribution in [0, 0.1) is 5.92 Å². The predicted molar refractivity (Wildman–Crippen MR) is 101 cm³/mol. The molecule has 0 radical (unpaired) electrons. The summed E-state index contributed by atoms with van der Waals surface area (Å²) >= 11 is 6.07. The summed E-state index contributed by atoms with van der Waals surface area (Å²) in [5.74, 6) is 0.868. The largest absolute Gasteiger partial charge is 0.360 e. The van der Waals surface area contributed by atoms with Crippen molar-refractivity contribution >= 4 is 23.2 Å². The fourth-order valence-corrected chi connectivity index (χ4v) is 3.32. The molecule has 1 fully saturated rings. The van der Waals surface area contributed by atoms with Gasteiger partial charge in [0.15, 0.2) is 6.54 Å². The number of rotatable bonds is 7. The highest BCUT2D eigenvalue weighted by Gasteiger charge is 2.23. The van der Waals surface area contributed by atoms with Crippen LogP contribution in [0.25, 0.3) is 0 Å².